The van der Waals surface area contributed by atoms with Crippen LogP contribution in [-0.4, -0.2) is 16.1 Å². The third-order valence-electron chi connectivity index (χ3n) is 1.74. The van der Waals surface area contributed by atoms with Crippen molar-refractivity contribution in [3.05, 3.63) is 35.4 Å². The first-order valence-electron chi connectivity index (χ1n) is 4.03. The van der Waals surface area contributed by atoms with E-state index in [0.29, 0.717) is 4.71 Å². The summed E-state index contributed by atoms with van der Waals surface area (Å²) in [6.07, 6.45) is 0. The maximum atomic E-state index is 6.13. The van der Waals surface area contributed by atoms with Gasteiger partial charge in [0.1, 0.15) is 0 Å². The van der Waals surface area contributed by atoms with Crippen molar-refractivity contribution in [2.75, 3.05) is 4.71 Å². The molecule has 0 fully saturated rings. The molecule has 0 amide bonds. The number of aryl methyl sites for hydroxylation is 1. The summed E-state index contributed by atoms with van der Waals surface area (Å²) in [6, 6.07) is 8.23. The van der Waals surface area contributed by atoms with Crippen molar-refractivity contribution in [1.82, 2.24) is 0 Å². The monoisotopic (exact) mass is 298 g/mol. The van der Waals surface area contributed by atoms with Gasteiger partial charge in [0.05, 0.1) is 0 Å². The van der Waals surface area contributed by atoms with Crippen LogP contribution in [0.1, 0.15) is 11.1 Å². The molecule has 0 saturated heterocycles. The number of halogens is 3. The van der Waals surface area contributed by atoms with Crippen LogP contribution in [0.4, 0.5) is 0 Å². The molecule has 1 aromatic rings. The van der Waals surface area contributed by atoms with E-state index in [4.69, 9.17) is 31.6 Å². The van der Waals surface area contributed by atoms with Crippen molar-refractivity contribution in [2.45, 2.75) is 12.2 Å². The van der Waals surface area contributed by atoms with E-state index in [0.717, 1.165) is 5.25 Å². The van der Waals surface area contributed by atoms with Gasteiger partial charge in [-0.3, -0.25) is 0 Å². The Kier molecular flexibility index (Phi) is 4.43. The minimum absolute atomic E-state index is 0.428. The number of alkyl halides is 1. The molecule has 0 heterocycles. The molecule has 0 aliphatic rings. The zero-order chi connectivity index (χ0) is 9.90. The van der Waals surface area contributed by atoms with Gasteiger partial charge in [-0.2, -0.15) is 0 Å². The van der Waals surface area contributed by atoms with Crippen molar-refractivity contribution in [1.29, 1.82) is 0 Å². The van der Waals surface area contributed by atoms with E-state index in [9.17, 15) is 0 Å². The molecule has 13 heavy (non-hydrogen) atoms. The van der Waals surface area contributed by atoms with E-state index < -0.39 is 11.4 Å². The molecule has 0 aliphatic carbocycles. The average molecular weight is 298 g/mol. The van der Waals surface area contributed by atoms with Crippen LogP contribution >= 0.6 is 31.6 Å². The Hall–Kier alpha value is 0.633. The Labute approximate surface area is 94.9 Å². The van der Waals surface area contributed by atoms with Gasteiger partial charge in [-0.1, -0.05) is 0 Å². The fourth-order valence-corrected chi connectivity index (χ4v) is 5.18. The maximum absolute atomic E-state index is 6.13. The topological polar surface area (TPSA) is 0 Å². The SMILES string of the molecule is Cc1cccc([CH2][Ge]([Cl])([Cl])[CH2]Cl)c1. The molecule has 4 heteroatoms. The summed E-state index contributed by atoms with van der Waals surface area (Å²) in [4.78, 5) is 0. The molecule has 0 bridgehead atoms. The van der Waals surface area contributed by atoms with Crippen LogP contribution in [0.2, 0.25) is 0 Å². The summed E-state index contributed by atoms with van der Waals surface area (Å²) in [6.45, 7) is 2.06. The van der Waals surface area contributed by atoms with Crippen LogP contribution < -0.4 is 0 Å². The molecule has 0 radical (unpaired) electrons. The summed E-state index contributed by atoms with van der Waals surface area (Å²) in [7, 11) is 12.3. The Morgan fingerprint density at radius 3 is 2.54 bits per heavy atom. The van der Waals surface area contributed by atoms with Gasteiger partial charge in [0.15, 0.2) is 0 Å². The van der Waals surface area contributed by atoms with Crippen molar-refractivity contribution in [3.63, 3.8) is 0 Å². The van der Waals surface area contributed by atoms with Crippen LogP contribution in [-0.2, 0) is 5.25 Å². The molecule has 0 spiro atoms. The molecule has 0 atom stereocenters. The Morgan fingerprint density at radius 1 is 1.31 bits per heavy atom. The summed E-state index contributed by atoms with van der Waals surface area (Å²) in [5.74, 6) is 0. The number of hydrogen-bond acceptors (Lipinski definition) is 0. The van der Waals surface area contributed by atoms with Crippen molar-refractivity contribution in [2.24, 2.45) is 0 Å². The Bertz CT molecular complexity index is 286. The van der Waals surface area contributed by atoms with Crippen molar-refractivity contribution in [3.8, 4) is 0 Å². The fraction of sp³-hybridized carbons (Fsp3) is 0.333. The van der Waals surface area contributed by atoms with Gasteiger partial charge in [0.2, 0.25) is 0 Å². The van der Waals surface area contributed by atoms with Crippen LogP contribution in [0.5, 0.6) is 0 Å². The molecule has 0 unspecified atom stereocenters. The van der Waals surface area contributed by atoms with Gasteiger partial charge < -0.3 is 0 Å². The summed E-state index contributed by atoms with van der Waals surface area (Å²) in [5, 5.41) is 0.772. The zero-order valence-electron chi connectivity index (χ0n) is 7.36. The van der Waals surface area contributed by atoms with Crippen LogP contribution in [0, 0.1) is 6.92 Å². The first kappa shape index (κ1) is 11.7. The van der Waals surface area contributed by atoms with Gasteiger partial charge in [-0.25, -0.2) is 0 Å². The third kappa shape index (κ3) is 4.11. The quantitative estimate of drug-likeness (QED) is 0.588. The average Bonchev–Trinajstić information content (AvgIpc) is 2.03. The van der Waals surface area contributed by atoms with E-state index in [1.54, 1.807) is 0 Å². The summed E-state index contributed by atoms with van der Waals surface area (Å²) >= 11 is 2.99. The van der Waals surface area contributed by atoms with E-state index in [1.807, 2.05) is 12.1 Å². The predicted octanol–water partition coefficient (Wildman–Crippen LogP) is 3.77. The molecule has 72 valence electrons. The van der Waals surface area contributed by atoms with Crippen molar-refractivity contribution >= 4 is 43.0 Å². The van der Waals surface area contributed by atoms with Gasteiger partial charge in [0, 0.05) is 0 Å². The normalized spacial score (nSPS) is 11.7. The van der Waals surface area contributed by atoms with Gasteiger partial charge in [-0.05, 0) is 0 Å². The van der Waals surface area contributed by atoms with Gasteiger partial charge in [-0.15, -0.1) is 0 Å². The number of hydrogen-bond donors (Lipinski definition) is 0. The molecule has 1 aromatic carbocycles. The summed E-state index contributed by atoms with van der Waals surface area (Å²) < 4.78 is 0.428. The molecule has 0 N–H and O–H groups in total. The van der Waals surface area contributed by atoms with E-state index >= 15 is 0 Å². The van der Waals surface area contributed by atoms with E-state index in [1.165, 1.54) is 11.1 Å². The standard InChI is InChI=1S/C9H11Cl3Ge/c1-8-3-2-4-9(5-8)6-13(11,12)7-10/h2-5H,6-7H2,1H3. The predicted molar refractivity (Wildman–Crippen MR) is 63.1 cm³/mol. The second-order valence-electron chi connectivity index (χ2n) is 3.16. The molecular weight excluding hydrogens is 287 g/mol. The summed E-state index contributed by atoms with van der Waals surface area (Å²) in [5.41, 5.74) is 2.43. The van der Waals surface area contributed by atoms with Crippen molar-refractivity contribution < 1.29 is 0 Å². The molecule has 0 nitrogen and oxygen atoms in total. The number of rotatable bonds is 3. The molecular formula is C9H11Cl3Ge. The van der Waals surface area contributed by atoms with E-state index in [-0.39, 0.29) is 0 Å². The Morgan fingerprint density at radius 2 is 2.00 bits per heavy atom. The van der Waals surface area contributed by atoms with Crippen LogP contribution in [0.3, 0.4) is 0 Å². The van der Waals surface area contributed by atoms with Crippen LogP contribution in [0.15, 0.2) is 24.3 Å². The second kappa shape index (κ2) is 4.92. The van der Waals surface area contributed by atoms with E-state index in [2.05, 4.69) is 19.1 Å². The molecule has 1 rings (SSSR count). The minimum atomic E-state index is -2.71. The Balaban J connectivity index is 2.74. The second-order valence-corrected chi connectivity index (χ2v) is 18.0. The van der Waals surface area contributed by atoms with Crippen LogP contribution in [0.25, 0.3) is 0 Å². The fourth-order valence-electron chi connectivity index (χ4n) is 1.17. The number of benzene rings is 1. The molecule has 0 saturated carbocycles. The first-order chi connectivity index (χ1) is 6.03. The zero-order valence-corrected chi connectivity index (χ0v) is 11.7. The van der Waals surface area contributed by atoms with Gasteiger partial charge in [0.25, 0.3) is 0 Å². The molecule has 0 aromatic heterocycles. The van der Waals surface area contributed by atoms with Gasteiger partial charge >= 0.3 is 95.3 Å². The first-order valence-corrected chi connectivity index (χ1v) is 13.0. The third-order valence-corrected chi connectivity index (χ3v) is 11.1. The molecule has 0 aliphatic heterocycles.